The molecule has 2 N–H and O–H groups in total. The van der Waals surface area contributed by atoms with Crippen LogP contribution in [0.1, 0.15) is 5.69 Å². The molecule has 1 aromatic carbocycles. The fraction of sp³-hybridized carbons (Fsp3) is 0.182. The number of hydrogen-bond acceptors (Lipinski definition) is 8. The molecule has 0 fully saturated rings. The van der Waals surface area contributed by atoms with E-state index in [1.54, 1.807) is 13.3 Å². The lowest BCUT2D eigenvalue weighted by molar-refractivity contribution is 0.368. The number of nitrogens with zero attached hydrogens (tertiary/aromatic N) is 5. The minimum absolute atomic E-state index is 0.302. The summed E-state index contributed by atoms with van der Waals surface area (Å²) in [5.74, 6) is 1.07. The van der Waals surface area contributed by atoms with Gasteiger partial charge < -0.3 is 20.3 Å². The number of pyridine rings is 1. The van der Waals surface area contributed by atoms with E-state index < -0.39 is 5.82 Å². The van der Waals surface area contributed by atoms with E-state index in [1.165, 1.54) is 0 Å². The third kappa shape index (κ3) is 4.61. The number of aromatic nitrogens is 3. The second kappa shape index (κ2) is 8.78. The molecule has 0 radical (unpaired) electrons. The van der Waals surface area contributed by atoms with E-state index in [2.05, 4.69) is 25.6 Å². The molecule has 1 aliphatic rings. The smallest absolute Gasteiger partial charge is 0.198 e. The number of amidine groups is 1. The Balaban J connectivity index is 1.60. The Labute approximate surface area is 179 Å². The van der Waals surface area contributed by atoms with Gasteiger partial charge in [-0.05, 0) is 37.3 Å². The number of methoxy groups -OCH3 is 1. The third-order valence-electron chi connectivity index (χ3n) is 4.65. The van der Waals surface area contributed by atoms with Crippen LogP contribution in [0.3, 0.4) is 0 Å². The summed E-state index contributed by atoms with van der Waals surface area (Å²) in [6.07, 6.45) is 7.51. The predicted octanol–water partition coefficient (Wildman–Crippen LogP) is 3.66. The zero-order chi connectivity index (χ0) is 21.8. The zero-order valence-electron chi connectivity index (χ0n) is 17.4. The number of aliphatic imine (C=N–C) groups is 1. The van der Waals surface area contributed by atoms with Crippen LogP contribution in [-0.2, 0) is 0 Å². The van der Waals surface area contributed by atoms with E-state index in [4.69, 9.17) is 9.73 Å². The lowest BCUT2D eigenvalue weighted by atomic mass is 10.1. The SMILES string of the molecule is COc1c(NC2=NC(Nc3ccnc(C)c3)N(C)C=C2)cccc1-c1ncc(F)cn1. The molecule has 158 valence electrons. The Morgan fingerprint density at radius 3 is 2.68 bits per heavy atom. The summed E-state index contributed by atoms with van der Waals surface area (Å²) in [6, 6.07) is 9.40. The van der Waals surface area contributed by atoms with Gasteiger partial charge in [0.25, 0.3) is 0 Å². The highest BCUT2D eigenvalue weighted by atomic mass is 19.1. The highest BCUT2D eigenvalue weighted by molar-refractivity contribution is 6.05. The second-order valence-electron chi connectivity index (χ2n) is 6.94. The van der Waals surface area contributed by atoms with Crippen molar-refractivity contribution in [2.45, 2.75) is 13.2 Å². The molecule has 0 amide bonds. The van der Waals surface area contributed by atoms with Gasteiger partial charge in [-0.1, -0.05) is 6.07 Å². The van der Waals surface area contributed by atoms with Crippen molar-refractivity contribution in [1.82, 2.24) is 19.9 Å². The van der Waals surface area contributed by atoms with Crippen LogP contribution in [0.2, 0.25) is 0 Å². The van der Waals surface area contributed by atoms with E-state index in [0.29, 0.717) is 28.7 Å². The summed E-state index contributed by atoms with van der Waals surface area (Å²) in [7, 11) is 3.51. The molecule has 0 saturated heterocycles. The highest BCUT2D eigenvalue weighted by Gasteiger charge is 2.18. The van der Waals surface area contributed by atoms with Crippen molar-refractivity contribution in [3.8, 4) is 17.1 Å². The number of para-hydroxylation sites is 1. The minimum Gasteiger partial charge on any atom is -0.494 e. The molecule has 0 bridgehead atoms. The van der Waals surface area contributed by atoms with Gasteiger partial charge in [0.15, 0.2) is 23.7 Å². The van der Waals surface area contributed by atoms with Gasteiger partial charge >= 0.3 is 0 Å². The monoisotopic (exact) mass is 419 g/mol. The van der Waals surface area contributed by atoms with Gasteiger partial charge in [0.2, 0.25) is 0 Å². The fourth-order valence-electron chi connectivity index (χ4n) is 3.15. The molecule has 8 nitrogen and oxygen atoms in total. The molecular weight excluding hydrogens is 397 g/mol. The van der Waals surface area contributed by atoms with Crippen LogP contribution in [0.4, 0.5) is 15.8 Å². The molecule has 3 heterocycles. The summed E-state index contributed by atoms with van der Waals surface area (Å²) >= 11 is 0. The average Bonchev–Trinajstić information content (AvgIpc) is 2.76. The van der Waals surface area contributed by atoms with Gasteiger partial charge in [0, 0.05) is 30.8 Å². The van der Waals surface area contributed by atoms with E-state index in [-0.39, 0.29) is 6.29 Å². The maximum Gasteiger partial charge on any atom is 0.198 e. The standard InChI is InChI=1S/C22H22FN7O/c1-14-11-16(7-9-24-14)27-22-29-19(8-10-30(22)2)28-18-6-4-5-17(20(18)31-3)21-25-12-15(23)13-26-21/h4-13,22H,1-3H3,(H,24,27)(H,28,29). The molecule has 31 heavy (non-hydrogen) atoms. The van der Waals surface area contributed by atoms with Gasteiger partial charge in [-0.25, -0.2) is 19.4 Å². The Kier molecular flexibility index (Phi) is 5.74. The third-order valence-corrected chi connectivity index (χ3v) is 4.65. The molecule has 1 aliphatic heterocycles. The van der Waals surface area contributed by atoms with E-state index >= 15 is 0 Å². The van der Waals surface area contributed by atoms with Crippen LogP contribution < -0.4 is 15.4 Å². The van der Waals surface area contributed by atoms with Gasteiger partial charge in [0.1, 0.15) is 5.84 Å². The Morgan fingerprint density at radius 1 is 1.13 bits per heavy atom. The molecule has 3 aromatic rings. The molecule has 0 saturated carbocycles. The fourth-order valence-corrected chi connectivity index (χ4v) is 3.15. The van der Waals surface area contributed by atoms with Crippen molar-refractivity contribution in [3.05, 3.63) is 72.7 Å². The van der Waals surface area contributed by atoms with Gasteiger partial charge in [-0.15, -0.1) is 0 Å². The lowest BCUT2D eigenvalue weighted by Crippen LogP contribution is -2.37. The maximum absolute atomic E-state index is 13.2. The number of aryl methyl sites for hydroxylation is 1. The van der Waals surface area contributed by atoms with Gasteiger partial charge in [-0.3, -0.25) is 4.98 Å². The summed E-state index contributed by atoms with van der Waals surface area (Å²) in [4.78, 5) is 19.0. The number of benzene rings is 1. The number of halogens is 1. The van der Waals surface area contributed by atoms with E-state index in [9.17, 15) is 4.39 Å². The normalized spacial score (nSPS) is 15.4. The summed E-state index contributed by atoms with van der Waals surface area (Å²) in [6.45, 7) is 1.94. The van der Waals surface area contributed by atoms with E-state index in [0.717, 1.165) is 23.8 Å². The quantitative estimate of drug-likeness (QED) is 0.653. The first-order chi connectivity index (χ1) is 15.0. The number of rotatable bonds is 5. The highest BCUT2D eigenvalue weighted by Crippen LogP contribution is 2.35. The van der Waals surface area contributed by atoms with Crippen molar-refractivity contribution in [2.24, 2.45) is 4.99 Å². The Bertz CT molecular complexity index is 1130. The number of nitrogens with one attached hydrogen (secondary N) is 2. The molecule has 2 aromatic heterocycles. The van der Waals surface area contributed by atoms with Gasteiger partial charge in [-0.2, -0.15) is 0 Å². The first kappa shape index (κ1) is 20.3. The summed E-state index contributed by atoms with van der Waals surface area (Å²) in [5.41, 5.74) is 3.19. The van der Waals surface area contributed by atoms with Crippen LogP contribution in [0, 0.1) is 12.7 Å². The van der Waals surface area contributed by atoms with Crippen molar-refractivity contribution < 1.29 is 9.13 Å². The number of anilines is 2. The largest absolute Gasteiger partial charge is 0.494 e. The van der Waals surface area contributed by atoms with Crippen LogP contribution in [0.15, 0.2) is 66.2 Å². The summed E-state index contributed by atoms with van der Waals surface area (Å²) in [5, 5.41) is 6.68. The van der Waals surface area contributed by atoms with Crippen molar-refractivity contribution in [2.75, 3.05) is 24.8 Å². The molecule has 1 unspecified atom stereocenters. The topological polar surface area (TPSA) is 87.6 Å². The number of hydrogen-bond donors (Lipinski definition) is 2. The molecule has 0 aliphatic carbocycles. The molecule has 9 heteroatoms. The Hall–Kier alpha value is -4.01. The summed E-state index contributed by atoms with van der Waals surface area (Å²) < 4.78 is 18.8. The van der Waals surface area contributed by atoms with Crippen LogP contribution >= 0.6 is 0 Å². The first-order valence-electron chi connectivity index (χ1n) is 9.62. The molecular formula is C22H22FN7O. The van der Waals surface area contributed by atoms with E-state index in [1.807, 2.05) is 61.5 Å². The minimum atomic E-state index is -0.495. The average molecular weight is 419 g/mol. The predicted molar refractivity (Wildman–Crippen MR) is 118 cm³/mol. The number of ether oxygens (including phenoxy) is 1. The van der Waals surface area contributed by atoms with Crippen molar-refractivity contribution in [1.29, 1.82) is 0 Å². The van der Waals surface area contributed by atoms with Gasteiger partial charge in [0.05, 0.1) is 30.8 Å². The maximum atomic E-state index is 13.2. The molecule has 0 spiro atoms. The Morgan fingerprint density at radius 2 is 1.94 bits per heavy atom. The van der Waals surface area contributed by atoms with Crippen LogP contribution in [0.5, 0.6) is 5.75 Å². The molecule has 1 atom stereocenters. The second-order valence-corrected chi connectivity index (χ2v) is 6.94. The van der Waals surface area contributed by atoms with Crippen LogP contribution in [0.25, 0.3) is 11.4 Å². The molecule has 4 rings (SSSR count). The van der Waals surface area contributed by atoms with Crippen LogP contribution in [-0.4, -0.2) is 46.1 Å². The first-order valence-corrected chi connectivity index (χ1v) is 9.62. The zero-order valence-corrected chi connectivity index (χ0v) is 17.4. The lowest BCUT2D eigenvalue weighted by Gasteiger charge is -2.29. The van der Waals surface area contributed by atoms with Crippen molar-refractivity contribution >= 4 is 17.2 Å². The van der Waals surface area contributed by atoms with Crippen molar-refractivity contribution in [3.63, 3.8) is 0 Å².